The Bertz CT molecular complexity index is 1030. The van der Waals surface area contributed by atoms with E-state index in [0.717, 1.165) is 27.7 Å². The zero-order valence-corrected chi connectivity index (χ0v) is 14.0. The van der Waals surface area contributed by atoms with Gasteiger partial charge in [-0.25, -0.2) is 0 Å². The van der Waals surface area contributed by atoms with Gasteiger partial charge in [-0.15, -0.1) is 10.2 Å². The molecule has 0 N–H and O–H groups in total. The number of alkyl halides is 1. The normalized spacial score (nSPS) is 12.6. The Balaban J connectivity index is 1.77. The Labute approximate surface area is 145 Å². The molecular weight excluding hydrogens is 343 g/mol. The number of halogens is 1. The summed E-state index contributed by atoms with van der Waals surface area (Å²) in [6.45, 7) is 1.74. The molecule has 2 aromatic heterocycles. The van der Waals surface area contributed by atoms with Crippen molar-refractivity contribution in [1.82, 2.24) is 10.2 Å². The average Bonchev–Trinajstić information content (AvgIpc) is 3.27. The van der Waals surface area contributed by atoms with Gasteiger partial charge in [0.1, 0.15) is 5.58 Å². The van der Waals surface area contributed by atoms with Gasteiger partial charge < -0.3 is 13.4 Å². The fourth-order valence-corrected chi connectivity index (χ4v) is 3.21. The van der Waals surface area contributed by atoms with E-state index in [1.165, 1.54) is 0 Å². The minimum absolute atomic E-state index is 0.445. The second-order valence-electron chi connectivity index (χ2n) is 5.47. The van der Waals surface area contributed by atoms with Gasteiger partial charge in [0.2, 0.25) is 17.8 Å². The third-order valence-electron chi connectivity index (χ3n) is 3.87. The molecular formula is C18H13FN2O3S. The van der Waals surface area contributed by atoms with E-state index >= 15 is 0 Å². The monoisotopic (exact) mass is 356 g/mol. The van der Waals surface area contributed by atoms with E-state index in [-0.39, 0.29) is 0 Å². The summed E-state index contributed by atoms with van der Waals surface area (Å²) in [5.74, 6) is 0.944. The van der Waals surface area contributed by atoms with E-state index < -0.39 is 17.2 Å². The molecule has 25 heavy (non-hydrogen) atoms. The lowest BCUT2D eigenvalue weighted by atomic mass is 10.0. The van der Waals surface area contributed by atoms with Gasteiger partial charge in [0.25, 0.3) is 0 Å². The van der Waals surface area contributed by atoms with Crippen LogP contribution in [0.5, 0.6) is 0 Å². The molecule has 0 saturated heterocycles. The van der Waals surface area contributed by atoms with E-state index in [2.05, 4.69) is 10.2 Å². The first kappa shape index (κ1) is 15.9. The Hall–Kier alpha value is -2.64. The molecule has 1 unspecified atom stereocenters. The molecule has 126 valence electrons. The lowest BCUT2D eigenvalue weighted by Gasteiger charge is -2.06. The number of aromatic nitrogens is 2. The van der Waals surface area contributed by atoms with Gasteiger partial charge in [-0.2, -0.15) is 4.39 Å². The van der Waals surface area contributed by atoms with Crippen LogP contribution in [0, 0.1) is 6.92 Å². The molecule has 0 amide bonds. The van der Waals surface area contributed by atoms with Crippen molar-refractivity contribution in [3.05, 3.63) is 54.6 Å². The molecule has 1 atom stereocenters. The third kappa shape index (κ3) is 2.92. The molecule has 0 aliphatic carbocycles. The van der Waals surface area contributed by atoms with Crippen LogP contribution in [0.2, 0.25) is 0 Å². The second-order valence-corrected chi connectivity index (χ2v) is 6.85. The maximum Gasteiger partial charge on any atom is 0.248 e. The summed E-state index contributed by atoms with van der Waals surface area (Å²) in [4.78, 5) is 0.459. The summed E-state index contributed by atoms with van der Waals surface area (Å²) in [6, 6.07) is 11.7. The van der Waals surface area contributed by atoms with Crippen molar-refractivity contribution >= 4 is 22.1 Å². The van der Waals surface area contributed by atoms with Crippen LogP contribution in [0.15, 0.2) is 62.5 Å². The maximum absolute atomic E-state index is 12.5. The molecule has 0 fully saturated rings. The van der Waals surface area contributed by atoms with E-state index in [9.17, 15) is 8.94 Å². The van der Waals surface area contributed by atoms with Crippen LogP contribution in [0.1, 0.15) is 5.89 Å². The fourth-order valence-electron chi connectivity index (χ4n) is 2.65. The lowest BCUT2D eigenvalue weighted by Crippen LogP contribution is -2.02. The fraction of sp³-hybridized carbons (Fsp3) is 0.111. The summed E-state index contributed by atoms with van der Waals surface area (Å²) in [7, 11) is 0. The Kier molecular flexibility index (Phi) is 4.03. The Morgan fingerprint density at radius 3 is 2.52 bits per heavy atom. The highest BCUT2D eigenvalue weighted by molar-refractivity contribution is 7.91. The molecule has 0 saturated carbocycles. The molecule has 0 spiro atoms. The largest absolute Gasteiger partial charge is 0.609 e. The summed E-state index contributed by atoms with van der Waals surface area (Å²) in [6.07, 6.45) is 1.66. The first-order chi connectivity index (χ1) is 12.2. The number of nitrogens with zero attached hydrogens (tertiary/aromatic N) is 2. The van der Waals surface area contributed by atoms with Gasteiger partial charge in [0, 0.05) is 34.6 Å². The number of hydrogen-bond acceptors (Lipinski definition) is 5. The van der Waals surface area contributed by atoms with Crippen LogP contribution in [0.25, 0.3) is 33.6 Å². The smallest absolute Gasteiger partial charge is 0.248 e. The quantitative estimate of drug-likeness (QED) is 0.504. The van der Waals surface area contributed by atoms with E-state index in [1.54, 1.807) is 37.5 Å². The lowest BCUT2D eigenvalue weighted by molar-refractivity contribution is 0.533. The molecule has 2 heterocycles. The standard InChI is InChI=1S/C18H13FN2O3S/c1-11-20-21-18(24-11)13-4-7-17-15(8-13)16(9-23-17)12-2-5-14(6-3-12)25(22)10-19/h2-9H,10H2,1H3. The van der Waals surface area contributed by atoms with Crippen molar-refractivity contribution in [2.45, 2.75) is 11.8 Å². The summed E-state index contributed by atoms with van der Waals surface area (Å²) >= 11 is -1.62. The van der Waals surface area contributed by atoms with Gasteiger partial charge in [0.05, 0.1) is 6.26 Å². The molecule has 0 bridgehead atoms. The molecule has 7 heteroatoms. The predicted octanol–water partition coefficient (Wildman–Crippen LogP) is 4.49. The molecule has 2 aromatic carbocycles. The molecule has 0 radical (unpaired) electrons. The first-order valence-corrected chi connectivity index (χ1v) is 8.84. The van der Waals surface area contributed by atoms with Gasteiger partial charge in [0.15, 0.2) is 4.90 Å². The van der Waals surface area contributed by atoms with Crippen molar-refractivity contribution in [3.8, 4) is 22.6 Å². The third-order valence-corrected chi connectivity index (χ3v) is 4.87. The zero-order chi connectivity index (χ0) is 17.4. The average molecular weight is 356 g/mol. The van der Waals surface area contributed by atoms with Crippen LogP contribution in [0.4, 0.5) is 4.39 Å². The molecule has 4 rings (SSSR count). The number of rotatable bonds is 4. The number of hydrogen-bond donors (Lipinski definition) is 0. The summed E-state index contributed by atoms with van der Waals surface area (Å²) in [5, 5.41) is 8.78. The van der Waals surface area contributed by atoms with Crippen LogP contribution < -0.4 is 0 Å². The van der Waals surface area contributed by atoms with Crippen molar-refractivity contribution in [2.75, 3.05) is 6.01 Å². The topological polar surface area (TPSA) is 75.1 Å². The van der Waals surface area contributed by atoms with Gasteiger partial charge in [-0.05, 0) is 48.0 Å². The highest BCUT2D eigenvalue weighted by Gasteiger charge is 2.14. The minimum Gasteiger partial charge on any atom is -0.609 e. The highest BCUT2D eigenvalue weighted by atomic mass is 32.2. The first-order valence-electron chi connectivity index (χ1n) is 7.52. The number of aryl methyl sites for hydroxylation is 1. The van der Waals surface area contributed by atoms with Crippen LogP contribution in [-0.2, 0) is 11.2 Å². The predicted molar refractivity (Wildman–Crippen MR) is 92.1 cm³/mol. The molecule has 0 aliphatic heterocycles. The van der Waals surface area contributed by atoms with Crippen LogP contribution in [-0.4, -0.2) is 20.8 Å². The minimum atomic E-state index is -1.62. The van der Waals surface area contributed by atoms with Crippen molar-refractivity contribution in [3.63, 3.8) is 0 Å². The van der Waals surface area contributed by atoms with Gasteiger partial charge >= 0.3 is 0 Å². The van der Waals surface area contributed by atoms with Gasteiger partial charge in [-0.1, -0.05) is 0 Å². The molecule has 0 aliphatic rings. The summed E-state index contributed by atoms with van der Waals surface area (Å²) < 4.78 is 35.1. The zero-order valence-electron chi connectivity index (χ0n) is 13.2. The number of furan rings is 1. The van der Waals surface area contributed by atoms with Crippen molar-refractivity contribution in [1.29, 1.82) is 0 Å². The van der Waals surface area contributed by atoms with Crippen molar-refractivity contribution in [2.24, 2.45) is 0 Å². The number of fused-ring (bicyclic) bond motifs is 1. The Morgan fingerprint density at radius 2 is 1.84 bits per heavy atom. The molecule has 5 nitrogen and oxygen atoms in total. The highest BCUT2D eigenvalue weighted by Crippen LogP contribution is 2.34. The maximum atomic E-state index is 12.5. The SMILES string of the molecule is Cc1nnc(-c2ccc3occ(-c4ccc([S+]([O-])CF)cc4)c3c2)o1. The Morgan fingerprint density at radius 1 is 1.08 bits per heavy atom. The van der Waals surface area contributed by atoms with Crippen LogP contribution >= 0.6 is 0 Å². The van der Waals surface area contributed by atoms with Gasteiger partial charge in [-0.3, -0.25) is 0 Å². The van der Waals surface area contributed by atoms with Crippen molar-refractivity contribution < 1.29 is 17.8 Å². The second kappa shape index (κ2) is 6.34. The number of benzene rings is 2. The van der Waals surface area contributed by atoms with E-state index in [1.807, 2.05) is 18.2 Å². The van der Waals surface area contributed by atoms with E-state index in [0.29, 0.717) is 16.7 Å². The van der Waals surface area contributed by atoms with E-state index in [4.69, 9.17) is 8.83 Å². The summed E-state index contributed by atoms with van der Waals surface area (Å²) in [5.41, 5.74) is 3.29. The molecule has 4 aromatic rings. The van der Waals surface area contributed by atoms with Crippen LogP contribution in [0.3, 0.4) is 0 Å².